The number of nitriles is 1. The minimum Gasteiger partial charge on any atom is -0.326 e. The number of nitrogens with zero attached hydrogens (tertiary/aromatic N) is 1. The van der Waals surface area contributed by atoms with Crippen LogP contribution in [0.4, 0.5) is 10.1 Å². The van der Waals surface area contributed by atoms with Crippen LogP contribution >= 0.6 is 0 Å². The Morgan fingerprint density at radius 3 is 2.55 bits per heavy atom. The Kier molecular flexibility index (Phi) is 5.64. The predicted octanol–water partition coefficient (Wildman–Crippen LogP) is 2.82. The standard InChI is InChI=1S/C17H16FN3O/c18-16-4-2-1-3-14(16)12-20-10-9-17(22)21-15-7-5-13(11-19)6-8-15/h1-8,20H,9-10,12H2,(H,21,22). The van der Waals surface area contributed by atoms with Crippen LogP contribution in [-0.4, -0.2) is 12.5 Å². The van der Waals surface area contributed by atoms with E-state index in [0.717, 1.165) is 0 Å². The molecule has 0 heterocycles. The molecule has 0 atom stereocenters. The molecule has 0 aliphatic rings. The maximum Gasteiger partial charge on any atom is 0.225 e. The van der Waals surface area contributed by atoms with E-state index in [0.29, 0.717) is 29.9 Å². The molecule has 0 unspecified atom stereocenters. The zero-order chi connectivity index (χ0) is 15.8. The number of nitrogens with one attached hydrogen (secondary N) is 2. The number of hydrogen-bond donors (Lipinski definition) is 2. The highest BCUT2D eigenvalue weighted by Gasteiger charge is 2.03. The third-order valence-corrected chi connectivity index (χ3v) is 3.10. The predicted molar refractivity (Wildman–Crippen MR) is 82.5 cm³/mol. The van der Waals surface area contributed by atoms with Gasteiger partial charge in [-0.2, -0.15) is 5.26 Å². The van der Waals surface area contributed by atoms with Crippen molar-refractivity contribution < 1.29 is 9.18 Å². The summed E-state index contributed by atoms with van der Waals surface area (Å²) in [7, 11) is 0. The lowest BCUT2D eigenvalue weighted by molar-refractivity contribution is -0.116. The van der Waals surface area contributed by atoms with Crippen LogP contribution < -0.4 is 10.6 Å². The van der Waals surface area contributed by atoms with Crippen molar-refractivity contribution in [3.8, 4) is 6.07 Å². The van der Waals surface area contributed by atoms with Crippen LogP contribution in [0.25, 0.3) is 0 Å². The van der Waals surface area contributed by atoms with Crippen molar-refractivity contribution in [1.29, 1.82) is 5.26 Å². The molecule has 5 heteroatoms. The average Bonchev–Trinajstić information content (AvgIpc) is 2.54. The number of hydrogen-bond acceptors (Lipinski definition) is 3. The SMILES string of the molecule is N#Cc1ccc(NC(=O)CCNCc2ccccc2F)cc1. The van der Waals surface area contributed by atoms with Gasteiger partial charge in [-0.1, -0.05) is 18.2 Å². The van der Waals surface area contributed by atoms with Gasteiger partial charge in [-0.05, 0) is 30.3 Å². The first-order valence-electron chi connectivity index (χ1n) is 6.93. The molecule has 0 bridgehead atoms. The molecule has 0 fully saturated rings. The number of benzene rings is 2. The van der Waals surface area contributed by atoms with Gasteiger partial charge < -0.3 is 10.6 Å². The van der Waals surface area contributed by atoms with Gasteiger partial charge >= 0.3 is 0 Å². The van der Waals surface area contributed by atoms with E-state index >= 15 is 0 Å². The van der Waals surface area contributed by atoms with E-state index in [1.165, 1.54) is 6.07 Å². The third kappa shape index (κ3) is 4.69. The largest absolute Gasteiger partial charge is 0.326 e. The number of carbonyl (C=O) groups is 1. The lowest BCUT2D eigenvalue weighted by Gasteiger charge is -2.07. The summed E-state index contributed by atoms with van der Waals surface area (Å²) in [4.78, 5) is 11.8. The maximum atomic E-state index is 13.4. The molecule has 0 aromatic heterocycles. The maximum absolute atomic E-state index is 13.4. The lowest BCUT2D eigenvalue weighted by atomic mass is 10.2. The molecule has 0 saturated carbocycles. The van der Waals surface area contributed by atoms with E-state index in [2.05, 4.69) is 10.6 Å². The van der Waals surface area contributed by atoms with Gasteiger partial charge in [0.15, 0.2) is 0 Å². The summed E-state index contributed by atoms with van der Waals surface area (Å²) in [5, 5.41) is 14.5. The van der Waals surface area contributed by atoms with Gasteiger partial charge in [0.1, 0.15) is 5.82 Å². The molecule has 2 N–H and O–H groups in total. The number of carbonyl (C=O) groups excluding carboxylic acids is 1. The first-order valence-corrected chi connectivity index (χ1v) is 6.93. The van der Waals surface area contributed by atoms with Crippen LogP contribution in [0.5, 0.6) is 0 Å². The van der Waals surface area contributed by atoms with Crippen molar-refractivity contribution >= 4 is 11.6 Å². The van der Waals surface area contributed by atoms with Crippen molar-refractivity contribution in [3.63, 3.8) is 0 Å². The van der Waals surface area contributed by atoms with E-state index in [1.54, 1.807) is 42.5 Å². The van der Waals surface area contributed by atoms with E-state index in [-0.39, 0.29) is 18.1 Å². The van der Waals surface area contributed by atoms with Crippen molar-refractivity contribution in [2.24, 2.45) is 0 Å². The minimum atomic E-state index is -0.253. The molecule has 2 aromatic rings. The fourth-order valence-electron chi connectivity index (χ4n) is 1.92. The molecule has 2 aromatic carbocycles. The van der Waals surface area contributed by atoms with Gasteiger partial charge in [-0.15, -0.1) is 0 Å². The fraction of sp³-hybridized carbons (Fsp3) is 0.176. The van der Waals surface area contributed by atoms with E-state index in [9.17, 15) is 9.18 Å². The van der Waals surface area contributed by atoms with Crippen LogP contribution in [0.1, 0.15) is 17.5 Å². The van der Waals surface area contributed by atoms with E-state index in [4.69, 9.17) is 5.26 Å². The molecule has 0 aliphatic carbocycles. The average molecular weight is 297 g/mol. The van der Waals surface area contributed by atoms with Gasteiger partial charge in [0.2, 0.25) is 5.91 Å². The minimum absolute atomic E-state index is 0.134. The van der Waals surface area contributed by atoms with Crippen LogP contribution in [-0.2, 0) is 11.3 Å². The van der Waals surface area contributed by atoms with Gasteiger partial charge in [0, 0.05) is 30.8 Å². The molecule has 2 rings (SSSR count). The number of amides is 1. The Labute approximate surface area is 128 Å². The normalized spacial score (nSPS) is 10.0. The molecule has 4 nitrogen and oxygen atoms in total. The molecule has 0 spiro atoms. The summed E-state index contributed by atoms with van der Waals surface area (Å²) in [5.74, 6) is -0.386. The second-order valence-electron chi connectivity index (χ2n) is 4.76. The third-order valence-electron chi connectivity index (χ3n) is 3.10. The molecular weight excluding hydrogens is 281 g/mol. The van der Waals surface area contributed by atoms with Crippen LogP contribution in [0.3, 0.4) is 0 Å². The van der Waals surface area contributed by atoms with E-state index in [1.807, 2.05) is 6.07 Å². The van der Waals surface area contributed by atoms with Gasteiger partial charge in [0.25, 0.3) is 0 Å². The Morgan fingerprint density at radius 2 is 1.86 bits per heavy atom. The summed E-state index contributed by atoms with van der Waals surface area (Å²) in [6.07, 6.45) is 0.286. The summed E-state index contributed by atoms with van der Waals surface area (Å²) in [5.41, 5.74) is 1.78. The van der Waals surface area contributed by atoms with Crippen molar-refractivity contribution in [3.05, 3.63) is 65.5 Å². The Bertz CT molecular complexity index is 677. The van der Waals surface area contributed by atoms with Crippen LogP contribution in [0, 0.1) is 17.1 Å². The second-order valence-corrected chi connectivity index (χ2v) is 4.76. The van der Waals surface area contributed by atoms with Crippen molar-refractivity contribution in [2.75, 3.05) is 11.9 Å². The Balaban J connectivity index is 1.71. The summed E-state index contributed by atoms with van der Waals surface area (Å²) in [6.45, 7) is 0.841. The highest BCUT2D eigenvalue weighted by atomic mass is 19.1. The van der Waals surface area contributed by atoms with Crippen LogP contribution in [0.15, 0.2) is 48.5 Å². The highest BCUT2D eigenvalue weighted by molar-refractivity contribution is 5.90. The van der Waals surface area contributed by atoms with Gasteiger partial charge in [0.05, 0.1) is 11.6 Å². The number of rotatable bonds is 6. The fourth-order valence-corrected chi connectivity index (χ4v) is 1.92. The number of anilines is 1. The van der Waals surface area contributed by atoms with Crippen molar-refractivity contribution in [2.45, 2.75) is 13.0 Å². The number of halogens is 1. The first-order chi connectivity index (χ1) is 10.7. The quantitative estimate of drug-likeness (QED) is 0.806. The van der Waals surface area contributed by atoms with E-state index < -0.39 is 0 Å². The van der Waals surface area contributed by atoms with Crippen LogP contribution in [0.2, 0.25) is 0 Å². The van der Waals surface area contributed by atoms with Crippen molar-refractivity contribution in [1.82, 2.24) is 5.32 Å². The monoisotopic (exact) mass is 297 g/mol. The van der Waals surface area contributed by atoms with Gasteiger partial charge in [-0.25, -0.2) is 4.39 Å². The molecular formula is C17H16FN3O. The molecule has 112 valence electrons. The Hall–Kier alpha value is -2.71. The highest BCUT2D eigenvalue weighted by Crippen LogP contribution is 2.09. The topological polar surface area (TPSA) is 64.9 Å². The summed E-state index contributed by atoms with van der Waals surface area (Å²) < 4.78 is 13.4. The molecule has 1 amide bonds. The summed E-state index contributed by atoms with van der Waals surface area (Å²) in [6, 6.07) is 15.2. The summed E-state index contributed by atoms with van der Waals surface area (Å²) >= 11 is 0. The van der Waals surface area contributed by atoms with Gasteiger partial charge in [-0.3, -0.25) is 4.79 Å². The first kappa shape index (κ1) is 15.7. The second kappa shape index (κ2) is 7.91. The zero-order valence-electron chi connectivity index (χ0n) is 12.0. The molecule has 0 aliphatic heterocycles. The molecule has 22 heavy (non-hydrogen) atoms. The molecule has 0 radical (unpaired) electrons. The smallest absolute Gasteiger partial charge is 0.225 e. The zero-order valence-corrected chi connectivity index (χ0v) is 12.0. The molecule has 0 saturated heterocycles. The lowest BCUT2D eigenvalue weighted by Crippen LogP contribution is -2.21. The Morgan fingerprint density at radius 1 is 1.14 bits per heavy atom.